The van der Waals surface area contributed by atoms with Crippen LogP contribution in [0.2, 0.25) is 0 Å². The molecule has 0 radical (unpaired) electrons. The number of pyridine rings is 1. The number of aryl methyl sites for hydroxylation is 2. The molecule has 1 amide bonds. The van der Waals surface area contributed by atoms with Gasteiger partial charge in [0.25, 0.3) is 5.91 Å². The molecule has 1 N–H and O–H groups in total. The second-order valence-electron chi connectivity index (χ2n) is 7.36. The van der Waals surface area contributed by atoms with Gasteiger partial charge in [-0.25, -0.2) is 9.67 Å². The van der Waals surface area contributed by atoms with Gasteiger partial charge >= 0.3 is 0 Å². The number of carbonyl (C=O) groups excluding carboxylic acids is 1. The molecule has 3 heterocycles. The lowest BCUT2D eigenvalue weighted by atomic mass is 10.1. The van der Waals surface area contributed by atoms with Crippen LogP contribution in [-0.2, 0) is 6.54 Å². The molecule has 0 unspecified atom stereocenters. The van der Waals surface area contributed by atoms with Gasteiger partial charge in [-0.15, -0.1) is 0 Å². The number of rotatable bonds is 4. The van der Waals surface area contributed by atoms with E-state index < -0.39 is 0 Å². The van der Waals surface area contributed by atoms with Crippen molar-refractivity contribution in [2.24, 2.45) is 0 Å². The Kier molecular flexibility index (Phi) is 4.35. The second-order valence-corrected chi connectivity index (χ2v) is 7.36. The molecule has 0 saturated carbocycles. The van der Waals surface area contributed by atoms with E-state index >= 15 is 0 Å². The summed E-state index contributed by atoms with van der Waals surface area (Å²) in [6, 6.07) is 15.4. The molecule has 0 fully saturated rings. The molecule has 7 nitrogen and oxygen atoms in total. The van der Waals surface area contributed by atoms with Gasteiger partial charge in [0.05, 0.1) is 23.7 Å². The molecular formula is C23H20N4O3. The topological polar surface area (TPSA) is 78.3 Å². The van der Waals surface area contributed by atoms with E-state index in [9.17, 15) is 4.79 Å². The molecule has 0 bridgehead atoms. The second kappa shape index (κ2) is 7.18. The van der Waals surface area contributed by atoms with E-state index in [0.717, 1.165) is 11.3 Å². The van der Waals surface area contributed by atoms with Crippen LogP contribution < -0.4 is 14.8 Å². The predicted molar refractivity (Wildman–Crippen MR) is 113 cm³/mol. The fourth-order valence-electron chi connectivity index (χ4n) is 3.52. The quantitative estimate of drug-likeness (QED) is 0.559. The molecule has 5 rings (SSSR count). The highest BCUT2D eigenvalue weighted by molar-refractivity contribution is 6.12. The van der Waals surface area contributed by atoms with Gasteiger partial charge in [0, 0.05) is 17.4 Å². The number of carbonyl (C=O) groups is 1. The zero-order valence-corrected chi connectivity index (χ0v) is 16.7. The van der Waals surface area contributed by atoms with Crippen molar-refractivity contribution in [3.8, 4) is 11.5 Å². The number of aromatic nitrogens is 3. The SMILES string of the molecule is Cc1ccc(Cn2ncc3c(C(=O)Nc4ccc5c(c4)OCO5)cc(C)nc32)cc1. The summed E-state index contributed by atoms with van der Waals surface area (Å²) in [6.45, 7) is 4.71. The fraction of sp³-hybridized carbons (Fsp3) is 0.174. The van der Waals surface area contributed by atoms with E-state index in [-0.39, 0.29) is 12.7 Å². The summed E-state index contributed by atoms with van der Waals surface area (Å²) in [7, 11) is 0. The highest BCUT2D eigenvalue weighted by atomic mass is 16.7. The van der Waals surface area contributed by atoms with Crippen molar-refractivity contribution in [2.75, 3.05) is 12.1 Å². The summed E-state index contributed by atoms with van der Waals surface area (Å²) >= 11 is 0. The Labute approximate surface area is 173 Å². The number of hydrogen-bond donors (Lipinski definition) is 1. The van der Waals surface area contributed by atoms with Crippen LogP contribution in [0, 0.1) is 13.8 Å². The Balaban J connectivity index is 1.46. The lowest BCUT2D eigenvalue weighted by molar-refractivity contribution is 0.102. The summed E-state index contributed by atoms with van der Waals surface area (Å²) in [5, 5.41) is 8.14. The van der Waals surface area contributed by atoms with E-state index in [1.54, 1.807) is 30.5 Å². The highest BCUT2D eigenvalue weighted by Crippen LogP contribution is 2.34. The number of hydrogen-bond acceptors (Lipinski definition) is 5. The molecule has 2 aromatic heterocycles. The fourth-order valence-corrected chi connectivity index (χ4v) is 3.52. The van der Waals surface area contributed by atoms with Gasteiger partial charge in [0.1, 0.15) is 0 Å². The molecule has 0 atom stereocenters. The van der Waals surface area contributed by atoms with E-state index in [0.29, 0.717) is 40.3 Å². The summed E-state index contributed by atoms with van der Waals surface area (Å²) in [6.07, 6.45) is 1.70. The van der Waals surface area contributed by atoms with Crippen molar-refractivity contribution in [3.05, 3.63) is 77.1 Å². The van der Waals surface area contributed by atoms with Crippen LogP contribution in [0.3, 0.4) is 0 Å². The molecule has 1 aliphatic rings. The average molecular weight is 400 g/mol. The molecule has 150 valence electrons. The third-order valence-electron chi connectivity index (χ3n) is 5.07. The molecule has 4 aromatic rings. The van der Waals surface area contributed by atoms with Crippen LogP contribution in [0.5, 0.6) is 11.5 Å². The Bertz CT molecular complexity index is 1260. The summed E-state index contributed by atoms with van der Waals surface area (Å²) in [5.41, 5.74) is 4.94. The summed E-state index contributed by atoms with van der Waals surface area (Å²) in [4.78, 5) is 17.7. The highest BCUT2D eigenvalue weighted by Gasteiger charge is 2.18. The van der Waals surface area contributed by atoms with Gasteiger partial charge < -0.3 is 14.8 Å². The lowest BCUT2D eigenvalue weighted by Crippen LogP contribution is -2.13. The molecule has 30 heavy (non-hydrogen) atoms. The molecule has 0 spiro atoms. The predicted octanol–water partition coefficient (Wildman–Crippen LogP) is 4.08. The molecule has 1 aliphatic heterocycles. The van der Waals surface area contributed by atoms with Gasteiger partial charge in [0.2, 0.25) is 6.79 Å². The Morgan fingerprint density at radius 3 is 2.70 bits per heavy atom. The summed E-state index contributed by atoms with van der Waals surface area (Å²) in [5.74, 6) is 1.07. The van der Waals surface area contributed by atoms with E-state index in [4.69, 9.17) is 9.47 Å². The standard InChI is InChI=1S/C23H20N4O3/c1-14-3-5-16(6-4-14)12-27-22-19(11-24-27)18(9-15(2)25-22)23(28)26-17-7-8-20-21(10-17)30-13-29-20/h3-11H,12-13H2,1-2H3,(H,26,28). The number of amides is 1. The maximum atomic E-state index is 13.0. The van der Waals surface area contributed by atoms with Crippen LogP contribution in [0.4, 0.5) is 5.69 Å². The minimum absolute atomic E-state index is 0.192. The van der Waals surface area contributed by atoms with Crippen molar-refractivity contribution in [2.45, 2.75) is 20.4 Å². The number of nitrogens with one attached hydrogen (secondary N) is 1. The first-order chi connectivity index (χ1) is 14.6. The van der Waals surface area contributed by atoms with Crippen molar-refractivity contribution in [3.63, 3.8) is 0 Å². The number of nitrogens with zero attached hydrogens (tertiary/aromatic N) is 3. The minimum atomic E-state index is -0.223. The lowest BCUT2D eigenvalue weighted by Gasteiger charge is -2.09. The van der Waals surface area contributed by atoms with Crippen LogP contribution in [0.15, 0.2) is 54.7 Å². The van der Waals surface area contributed by atoms with Crippen molar-refractivity contribution >= 4 is 22.6 Å². The number of benzene rings is 2. The minimum Gasteiger partial charge on any atom is -0.454 e. The molecule has 0 saturated heterocycles. The number of anilines is 1. The molecular weight excluding hydrogens is 380 g/mol. The number of fused-ring (bicyclic) bond motifs is 2. The van der Waals surface area contributed by atoms with Crippen molar-refractivity contribution < 1.29 is 14.3 Å². The first-order valence-corrected chi connectivity index (χ1v) is 9.66. The van der Waals surface area contributed by atoms with E-state index in [1.165, 1.54) is 5.56 Å². The molecule has 2 aromatic carbocycles. The first-order valence-electron chi connectivity index (χ1n) is 9.66. The van der Waals surface area contributed by atoms with Gasteiger partial charge in [0.15, 0.2) is 17.1 Å². The average Bonchev–Trinajstić information content (AvgIpc) is 3.36. The van der Waals surface area contributed by atoms with Gasteiger partial charge in [-0.2, -0.15) is 5.10 Å². The zero-order chi connectivity index (χ0) is 20.7. The van der Waals surface area contributed by atoms with Crippen molar-refractivity contribution in [1.29, 1.82) is 0 Å². The van der Waals surface area contributed by atoms with E-state index in [1.807, 2.05) is 11.6 Å². The number of ether oxygens (including phenoxy) is 2. The third-order valence-corrected chi connectivity index (χ3v) is 5.07. The Hall–Kier alpha value is -3.87. The Morgan fingerprint density at radius 2 is 1.87 bits per heavy atom. The van der Waals surface area contributed by atoms with E-state index in [2.05, 4.69) is 46.6 Å². The van der Waals surface area contributed by atoms with Crippen molar-refractivity contribution in [1.82, 2.24) is 14.8 Å². The summed E-state index contributed by atoms with van der Waals surface area (Å²) < 4.78 is 12.5. The van der Waals surface area contributed by atoms with Gasteiger partial charge in [-0.1, -0.05) is 29.8 Å². The van der Waals surface area contributed by atoms with Crippen LogP contribution >= 0.6 is 0 Å². The van der Waals surface area contributed by atoms with Gasteiger partial charge in [-0.05, 0) is 37.6 Å². The molecule has 0 aliphatic carbocycles. The normalized spacial score (nSPS) is 12.3. The molecule has 7 heteroatoms. The van der Waals surface area contributed by atoms with Gasteiger partial charge in [-0.3, -0.25) is 4.79 Å². The van der Waals surface area contributed by atoms with Crippen LogP contribution in [0.25, 0.3) is 11.0 Å². The maximum absolute atomic E-state index is 13.0. The van der Waals surface area contributed by atoms with Crippen LogP contribution in [0.1, 0.15) is 27.2 Å². The zero-order valence-electron chi connectivity index (χ0n) is 16.7. The van der Waals surface area contributed by atoms with Crippen LogP contribution in [-0.4, -0.2) is 27.5 Å². The third kappa shape index (κ3) is 3.34. The largest absolute Gasteiger partial charge is 0.454 e. The first kappa shape index (κ1) is 18.2. The maximum Gasteiger partial charge on any atom is 0.256 e. The monoisotopic (exact) mass is 400 g/mol. The smallest absolute Gasteiger partial charge is 0.256 e. The Morgan fingerprint density at radius 1 is 1.07 bits per heavy atom.